The zero-order valence-corrected chi connectivity index (χ0v) is 31.7. The SMILES string of the molecule is CCCCC/C=C\C/C=C\C/C=C\CCCCC(=O)OC[C@H](O)COC(=O)CCCCCCCCCCCCCCCCCCCCC. The summed E-state index contributed by atoms with van der Waals surface area (Å²) in [5.41, 5.74) is 0. The lowest BCUT2D eigenvalue weighted by Crippen LogP contribution is -2.25. The van der Waals surface area contributed by atoms with Gasteiger partial charge in [0.15, 0.2) is 0 Å². The van der Waals surface area contributed by atoms with Crippen LogP contribution in [0.1, 0.15) is 206 Å². The van der Waals surface area contributed by atoms with E-state index in [1.54, 1.807) is 0 Å². The van der Waals surface area contributed by atoms with E-state index < -0.39 is 6.10 Å². The van der Waals surface area contributed by atoms with Crippen molar-refractivity contribution in [3.05, 3.63) is 36.5 Å². The number of aliphatic hydroxyl groups is 1. The van der Waals surface area contributed by atoms with Crippen molar-refractivity contribution in [2.75, 3.05) is 13.2 Å². The summed E-state index contributed by atoms with van der Waals surface area (Å²) in [6.07, 6.45) is 47.8. The first-order valence-corrected chi connectivity index (χ1v) is 20.5. The standard InChI is InChI=1S/C43H78O5/c1-3-5-7-9-11-13-15-17-19-20-21-22-24-26-28-30-32-34-36-38-43(46)48-40-41(44)39-47-42(45)37-35-33-31-29-27-25-23-18-16-14-12-10-8-6-4-2/h12,14,18,23,27,29,41,44H,3-11,13,15-17,19-22,24-26,28,30-40H2,1-2H3/b14-12-,23-18-,29-27-/t41-/m0/s1. The molecule has 5 nitrogen and oxygen atoms in total. The van der Waals surface area contributed by atoms with E-state index in [1.807, 2.05) is 0 Å². The Hall–Kier alpha value is -1.88. The Kier molecular flexibility index (Phi) is 38.0. The van der Waals surface area contributed by atoms with Gasteiger partial charge in [-0.25, -0.2) is 0 Å². The smallest absolute Gasteiger partial charge is 0.305 e. The summed E-state index contributed by atoms with van der Waals surface area (Å²) >= 11 is 0. The molecule has 5 heteroatoms. The molecule has 1 N–H and O–H groups in total. The molecule has 0 aliphatic carbocycles. The average molecular weight is 675 g/mol. The van der Waals surface area contributed by atoms with Gasteiger partial charge in [-0.15, -0.1) is 0 Å². The van der Waals surface area contributed by atoms with Crippen molar-refractivity contribution in [2.24, 2.45) is 0 Å². The fraction of sp³-hybridized carbons (Fsp3) is 0.814. The van der Waals surface area contributed by atoms with Crippen LogP contribution >= 0.6 is 0 Å². The fourth-order valence-corrected chi connectivity index (χ4v) is 5.74. The van der Waals surface area contributed by atoms with Gasteiger partial charge in [-0.05, 0) is 51.4 Å². The van der Waals surface area contributed by atoms with E-state index in [9.17, 15) is 14.7 Å². The maximum absolute atomic E-state index is 12.0. The number of rotatable bonds is 37. The Balaban J connectivity index is 3.45. The maximum atomic E-state index is 12.0. The molecule has 0 aromatic heterocycles. The van der Waals surface area contributed by atoms with E-state index in [0.717, 1.165) is 51.4 Å². The van der Waals surface area contributed by atoms with Crippen LogP contribution < -0.4 is 0 Å². The number of aliphatic hydroxyl groups excluding tert-OH is 1. The second-order valence-corrected chi connectivity index (χ2v) is 13.8. The molecule has 0 bridgehead atoms. The van der Waals surface area contributed by atoms with E-state index in [2.05, 4.69) is 50.3 Å². The molecule has 0 unspecified atom stereocenters. The minimum atomic E-state index is -0.976. The molecule has 0 saturated carbocycles. The highest BCUT2D eigenvalue weighted by Crippen LogP contribution is 2.15. The Morgan fingerprint density at radius 2 is 0.729 bits per heavy atom. The van der Waals surface area contributed by atoms with Crippen molar-refractivity contribution in [3.63, 3.8) is 0 Å². The number of esters is 2. The lowest BCUT2D eigenvalue weighted by molar-refractivity contribution is -0.152. The van der Waals surface area contributed by atoms with Gasteiger partial charge in [0, 0.05) is 12.8 Å². The summed E-state index contributed by atoms with van der Waals surface area (Å²) in [6.45, 7) is 4.25. The molecule has 0 aliphatic rings. The van der Waals surface area contributed by atoms with Crippen LogP contribution in [0.5, 0.6) is 0 Å². The molecule has 0 radical (unpaired) electrons. The van der Waals surface area contributed by atoms with Crippen LogP contribution in [0, 0.1) is 0 Å². The van der Waals surface area contributed by atoms with Gasteiger partial charge in [0.05, 0.1) is 0 Å². The predicted molar refractivity (Wildman–Crippen MR) is 205 cm³/mol. The van der Waals surface area contributed by atoms with Gasteiger partial charge in [0.2, 0.25) is 0 Å². The second-order valence-electron chi connectivity index (χ2n) is 13.8. The van der Waals surface area contributed by atoms with Gasteiger partial charge in [-0.1, -0.05) is 179 Å². The van der Waals surface area contributed by atoms with Gasteiger partial charge >= 0.3 is 11.9 Å². The number of carbonyl (C=O) groups excluding carboxylic acids is 2. The predicted octanol–water partition coefficient (Wildman–Crippen LogP) is 12.8. The van der Waals surface area contributed by atoms with Crippen LogP contribution in [-0.2, 0) is 19.1 Å². The molecule has 48 heavy (non-hydrogen) atoms. The van der Waals surface area contributed by atoms with Crippen LogP contribution in [-0.4, -0.2) is 36.4 Å². The van der Waals surface area contributed by atoms with Crippen molar-refractivity contribution in [1.82, 2.24) is 0 Å². The topological polar surface area (TPSA) is 72.8 Å². The molecule has 0 fully saturated rings. The van der Waals surface area contributed by atoms with Crippen molar-refractivity contribution in [1.29, 1.82) is 0 Å². The third-order valence-corrected chi connectivity index (χ3v) is 8.88. The Morgan fingerprint density at radius 1 is 0.438 bits per heavy atom. The largest absolute Gasteiger partial charge is 0.463 e. The second kappa shape index (κ2) is 39.6. The number of hydrogen-bond acceptors (Lipinski definition) is 5. The number of allylic oxidation sites excluding steroid dienone is 6. The molecule has 0 aromatic rings. The molecule has 1 atom stereocenters. The molecule has 0 aromatic carbocycles. The molecule has 0 spiro atoms. The number of hydrogen-bond donors (Lipinski definition) is 1. The minimum Gasteiger partial charge on any atom is -0.463 e. The molecular formula is C43H78O5. The summed E-state index contributed by atoms with van der Waals surface area (Å²) in [4.78, 5) is 23.9. The Bertz CT molecular complexity index is 771. The molecular weight excluding hydrogens is 596 g/mol. The summed E-state index contributed by atoms with van der Waals surface area (Å²) in [7, 11) is 0. The van der Waals surface area contributed by atoms with Gasteiger partial charge < -0.3 is 14.6 Å². The highest BCUT2D eigenvalue weighted by molar-refractivity contribution is 5.69. The summed E-state index contributed by atoms with van der Waals surface area (Å²) in [5.74, 6) is -0.602. The molecule has 0 aliphatic heterocycles. The zero-order chi connectivity index (χ0) is 35.0. The van der Waals surface area contributed by atoms with Crippen LogP contribution in [0.4, 0.5) is 0 Å². The highest BCUT2D eigenvalue weighted by atomic mass is 16.6. The van der Waals surface area contributed by atoms with Crippen LogP contribution in [0.25, 0.3) is 0 Å². The lowest BCUT2D eigenvalue weighted by atomic mass is 10.0. The van der Waals surface area contributed by atoms with Crippen molar-refractivity contribution < 1.29 is 24.2 Å². The Morgan fingerprint density at radius 3 is 1.12 bits per heavy atom. The maximum Gasteiger partial charge on any atom is 0.305 e. The average Bonchev–Trinajstić information content (AvgIpc) is 3.09. The van der Waals surface area contributed by atoms with Crippen molar-refractivity contribution >= 4 is 11.9 Å². The normalized spacial score (nSPS) is 12.5. The summed E-state index contributed by atoms with van der Waals surface area (Å²) in [5, 5.41) is 10.0. The quantitative estimate of drug-likeness (QED) is 0.0403. The van der Waals surface area contributed by atoms with Gasteiger partial charge in [0.25, 0.3) is 0 Å². The van der Waals surface area contributed by atoms with Crippen molar-refractivity contribution in [3.8, 4) is 0 Å². The van der Waals surface area contributed by atoms with E-state index >= 15 is 0 Å². The zero-order valence-electron chi connectivity index (χ0n) is 31.7. The molecule has 0 heterocycles. The van der Waals surface area contributed by atoms with Gasteiger partial charge in [-0.2, -0.15) is 0 Å². The molecule has 0 rings (SSSR count). The van der Waals surface area contributed by atoms with Gasteiger partial charge in [-0.3, -0.25) is 9.59 Å². The number of ether oxygens (including phenoxy) is 2. The van der Waals surface area contributed by atoms with Crippen molar-refractivity contribution in [2.45, 2.75) is 213 Å². The summed E-state index contributed by atoms with van der Waals surface area (Å²) < 4.78 is 10.3. The first-order chi connectivity index (χ1) is 23.6. The lowest BCUT2D eigenvalue weighted by Gasteiger charge is -2.12. The third-order valence-electron chi connectivity index (χ3n) is 8.88. The molecule has 0 saturated heterocycles. The van der Waals surface area contributed by atoms with E-state index in [1.165, 1.54) is 128 Å². The van der Waals surface area contributed by atoms with E-state index in [-0.39, 0.29) is 25.2 Å². The first-order valence-electron chi connectivity index (χ1n) is 20.5. The first kappa shape index (κ1) is 46.1. The van der Waals surface area contributed by atoms with Crippen LogP contribution in [0.2, 0.25) is 0 Å². The molecule has 0 amide bonds. The fourth-order valence-electron chi connectivity index (χ4n) is 5.74. The van der Waals surface area contributed by atoms with E-state index in [0.29, 0.717) is 12.8 Å². The minimum absolute atomic E-state index is 0.125. The molecule has 280 valence electrons. The summed E-state index contributed by atoms with van der Waals surface area (Å²) in [6, 6.07) is 0. The number of carbonyl (C=O) groups is 2. The Labute approximate surface area is 297 Å². The van der Waals surface area contributed by atoms with Crippen LogP contribution in [0.15, 0.2) is 36.5 Å². The van der Waals surface area contributed by atoms with Crippen LogP contribution in [0.3, 0.4) is 0 Å². The highest BCUT2D eigenvalue weighted by Gasteiger charge is 2.12. The number of unbranched alkanes of at least 4 members (excludes halogenated alkanes) is 23. The third kappa shape index (κ3) is 38.6. The van der Waals surface area contributed by atoms with Gasteiger partial charge in [0.1, 0.15) is 19.3 Å². The van der Waals surface area contributed by atoms with E-state index in [4.69, 9.17) is 9.47 Å². The monoisotopic (exact) mass is 675 g/mol.